The molecular formula is C22H26N2O4S. The van der Waals surface area contributed by atoms with E-state index in [1.807, 2.05) is 31.2 Å². The van der Waals surface area contributed by atoms with Gasteiger partial charge < -0.3 is 9.64 Å². The number of fused-ring (bicyclic) bond motifs is 1. The van der Waals surface area contributed by atoms with Crippen LogP contribution in [0.3, 0.4) is 0 Å². The van der Waals surface area contributed by atoms with E-state index in [9.17, 15) is 13.2 Å². The van der Waals surface area contributed by atoms with Crippen molar-refractivity contribution >= 4 is 21.6 Å². The second-order valence-electron chi connectivity index (χ2n) is 7.70. The Hall–Kier alpha value is -2.54. The van der Waals surface area contributed by atoms with Gasteiger partial charge in [0.1, 0.15) is 5.75 Å². The molecule has 0 saturated carbocycles. The third kappa shape index (κ3) is 3.48. The SMILES string of the molecule is COc1ccc(S(=O)(=O)N2c3ccccc3C[C@@H]2C)cc1C(=O)N1CCCCC1. The Morgan fingerprint density at radius 2 is 1.79 bits per heavy atom. The summed E-state index contributed by atoms with van der Waals surface area (Å²) in [6.07, 6.45) is 3.72. The number of methoxy groups -OCH3 is 1. The highest BCUT2D eigenvalue weighted by atomic mass is 32.2. The molecule has 1 saturated heterocycles. The van der Waals surface area contributed by atoms with Crippen LogP contribution >= 0.6 is 0 Å². The van der Waals surface area contributed by atoms with Gasteiger partial charge in [0, 0.05) is 19.1 Å². The fraction of sp³-hybridized carbons (Fsp3) is 0.409. The van der Waals surface area contributed by atoms with E-state index in [1.165, 1.54) is 23.5 Å². The lowest BCUT2D eigenvalue weighted by Gasteiger charge is -2.28. The average molecular weight is 415 g/mol. The van der Waals surface area contributed by atoms with Gasteiger partial charge >= 0.3 is 0 Å². The van der Waals surface area contributed by atoms with Crippen molar-refractivity contribution in [3.05, 3.63) is 53.6 Å². The molecule has 0 unspecified atom stereocenters. The molecule has 1 atom stereocenters. The molecule has 29 heavy (non-hydrogen) atoms. The molecule has 4 rings (SSSR count). The molecule has 0 spiro atoms. The number of piperidine rings is 1. The molecule has 0 N–H and O–H groups in total. The second kappa shape index (κ2) is 7.71. The number of carbonyl (C=O) groups excluding carboxylic acids is 1. The number of anilines is 1. The maximum Gasteiger partial charge on any atom is 0.264 e. The number of rotatable bonds is 4. The van der Waals surface area contributed by atoms with E-state index in [0.717, 1.165) is 24.8 Å². The van der Waals surface area contributed by atoms with Crippen molar-refractivity contribution in [1.82, 2.24) is 4.90 Å². The number of likely N-dealkylation sites (tertiary alicyclic amines) is 1. The van der Waals surface area contributed by atoms with Crippen molar-refractivity contribution in [1.29, 1.82) is 0 Å². The molecule has 2 heterocycles. The van der Waals surface area contributed by atoms with Crippen LogP contribution in [-0.4, -0.2) is 45.5 Å². The van der Waals surface area contributed by atoms with E-state index in [2.05, 4.69) is 0 Å². The van der Waals surface area contributed by atoms with Crippen LogP contribution in [0, 0.1) is 0 Å². The fourth-order valence-corrected chi connectivity index (χ4v) is 6.02. The molecule has 2 aromatic carbocycles. The van der Waals surface area contributed by atoms with Crippen LogP contribution < -0.4 is 9.04 Å². The summed E-state index contributed by atoms with van der Waals surface area (Å²) >= 11 is 0. The maximum atomic E-state index is 13.5. The minimum absolute atomic E-state index is 0.113. The number of hydrogen-bond donors (Lipinski definition) is 0. The molecule has 2 aliphatic heterocycles. The molecule has 0 radical (unpaired) electrons. The normalized spacial score (nSPS) is 19.2. The largest absolute Gasteiger partial charge is 0.496 e. The first-order valence-electron chi connectivity index (χ1n) is 10.0. The zero-order valence-electron chi connectivity index (χ0n) is 16.8. The van der Waals surface area contributed by atoms with Gasteiger partial charge in [-0.05, 0) is 62.4 Å². The topological polar surface area (TPSA) is 66.9 Å². The van der Waals surface area contributed by atoms with E-state index in [1.54, 1.807) is 11.0 Å². The lowest BCUT2D eigenvalue weighted by atomic mass is 10.1. The Kier molecular flexibility index (Phi) is 5.25. The molecule has 6 nitrogen and oxygen atoms in total. The predicted octanol–water partition coefficient (Wildman–Crippen LogP) is 3.46. The second-order valence-corrected chi connectivity index (χ2v) is 9.51. The summed E-state index contributed by atoms with van der Waals surface area (Å²) in [5.41, 5.74) is 2.03. The van der Waals surface area contributed by atoms with Crippen LogP contribution in [0.5, 0.6) is 5.75 Å². The number of ether oxygens (including phenoxy) is 1. The summed E-state index contributed by atoms with van der Waals surface area (Å²) < 4.78 is 33.9. The van der Waals surface area contributed by atoms with Crippen molar-refractivity contribution in [2.45, 2.75) is 43.5 Å². The lowest BCUT2D eigenvalue weighted by Crippen LogP contribution is -2.37. The van der Waals surface area contributed by atoms with Crippen LogP contribution in [0.15, 0.2) is 47.4 Å². The molecule has 0 aliphatic carbocycles. The van der Waals surface area contributed by atoms with Gasteiger partial charge in [0.25, 0.3) is 15.9 Å². The monoisotopic (exact) mass is 414 g/mol. The third-order valence-electron chi connectivity index (χ3n) is 5.75. The van der Waals surface area contributed by atoms with Crippen LogP contribution in [-0.2, 0) is 16.4 Å². The zero-order valence-corrected chi connectivity index (χ0v) is 17.6. The molecule has 7 heteroatoms. The molecule has 1 fully saturated rings. The number of para-hydroxylation sites is 1. The third-order valence-corrected chi connectivity index (χ3v) is 7.67. The van der Waals surface area contributed by atoms with E-state index >= 15 is 0 Å². The average Bonchev–Trinajstić information content (AvgIpc) is 3.09. The smallest absolute Gasteiger partial charge is 0.264 e. The van der Waals surface area contributed by atoms with Gasteiger partial charge in [0.05, 0.1) is 23.3 Å². The van der Waals surface area contributed by atoms with Gasteiger partial charge in [-0.25, -0.2) is 8.42 Å². The number of amides is 1. The van der Waals surface area contributed by atoms with Crippen molar-refractivity contribution in [3.63, 3.8) is 0 Å². The lowest BCUT2D eigenvalue weighted by molar-refractivity contribution is 0.0720. The summed E-state index contributed by atoms with van der Waals surface area (Å²) in [5, 5.41) is 0. The maximum absolute atomic E-state index is 13.5. The highest BCUT2D eigenvalue weighted by Gasteiger charge is 2.36. The summed E-state index contributed by atoms with van der Waals surface area (Å²) in [5.74, 6) is 0.225. The molecule has 154 valence electrons. The predicted molar refractivity (Wildman–Crippen MR) is 112 cm³/mol. The minimum atomic E-state index is -3.81. The summed E-state index contributed by atoms with van der Waals surface area (Å²) in [7, 11) is -2.31. The van der Waals surface area contributed by atoms with Gasteiger partial charge in [-0.15, -0.1) is 0 Å². The Morgan fingerprint density at radius 1 is 1.07 bits per heavy atom. The van der Waals surface area contributed by atoms with Gasteiger partial charge in [0.2, 0.25) is 0 Å². The summed E-state index contributed by atoms with van der Waals surface area (Å²) in [6, 6.07) is 12.0. The molecule has 2 aromatic rings. The first-order valence-corrected chi connectivity index (χ1v) is 11.5. The summed E-state index contributed by atoms with van der Waals surface area (Å²) in [4.78, 5) is 15.0. The number of hydrogen-bond acceptors (Lipinski definition) is 4. The quantitative estimate of drug-likeness (QED) is 0.768. The van der Waals surface area contributed by atoms with Gasteiger partial charge in [-0.1, -0.05) is 18.2 Å². The first-order chi connectivity index (χ1) is 13.9. The van der Waals surface area contributed by atoms with Crippen molar-refractivity contribution in [3.8, 4) is 5.75 Å². The minimum Gasteiger partial charge on any atom is -0.496 e. The number of sulfonamides is 1. The molecule has 2 aliphatic rings. The van der Waals surface area contributed by atoms with E-state index < -0.39 is 10.0 Å². The summed E-state index contributed by atoms with van der Waals surface area (Å²) in [6.45, 7) is 3.28. The van der Waals surface area contributed by atoms with Gasteiger partial charge in [-0.2, -0.15) is 0 Å². The zero-order chi connectivity index (χ0) is 20.6. The van der Waals surface area contributed by atoms with Crippen molar-refractivity contribution < 1.29 is 17.9 Å². The Morgan fingerprint density at radius 3 is 2.52 bits per heavy atom. The van der Waals surface area contributed by atoms with E-state index in [4.69, 9.17) is 4.74 Å². The number of benzene rings is 2. The number of nitrogens with zero attached hydrogens (tertiary/aromatic N) is 2. The molecule has 0 bridgehead atoms. The Labute approximate surface area is 172 Å². The Bertz CT molecular complexity index is 1030. The molecule has 1 amide bonds. The van der Waals surface area contributed by atoms with Gasteiger partial charge in [-0.3, -0.25) is 9.10 Å². The van der Waals surface area contributed by atoms with Gasteiger partial charge in [0.15, 0.2) is 0 Å². The number of carbonyl (C=O) groups is 1. The van der Waals surface area contributed by atoms with Crippen molar-refractivity contribution in [2.75, 3.05) is 24.5 Å². The first kappa shape index (κ1) is 19.8. The van der Waals surface area contributed by atoms with Crippen LogP contribution in [0.2, 0.25) is 0 Å². The van der Waals surface area contributed by atoms with Crippen LogP contribution in [0.25, 0.3) is 0 Å². The molecular weight excluding hydrogens is 388 g/mol. The Balaban J connectivity index is 1.74. The van der Waals surface area contributed by atoms with Crippen molar-refractivity contribution in [2.24, 2.45) is 0 Å². The van der Waals surface area contributed by atoms with Crippen LogP contribution in [0.1, 0.15) is 42.1 Å². The van der Waals surface area contributed by atoms with Crippen LogP contribution in [0.4, 0.5) is 5.69 Å². The highest BCUT2D eigenvalue weighted by Crippen LogP contribution is 2.37. The highest BCUT2D eigenvalue weighted by molar-refractivity contribution is 7.92. The van der Waals surface area contributed by atoms with E-state index in [-0.39, 0.29) is 16.8 Å². The standard InChI is InChI=1S/C22H26N2O4S/c1-16-14-17-8-4-5-9-20(17)24(16)29(26,27)18-10-11-21(28-2)19(15-18)22(25)23-12-6-3-7-13-23/h4-5,8-11,15-16H,3,6-7,12-14H2,1-2H3/t16-/m0/s1. The van der Waals surface area contributed by atoms with E-state index in [0.29, 0.717) is 36.5 Å². The molecule has 0 aromatic heterocycles. The fourth-order valence-electron chi connectivity index (χ4n) is 4.30.